The number of hydrogen-bond acceptors (Lipinski definition) is 4. The number of rotatable bonds is 6. The number of aliphatic carboxylic acids is 1. The highest BCUT2D eigenvalue weighted by atomic mass is 32.2. The number of benzene rings is 1. The Labute approximate surface area is 114 Å². The molecule has 0 heterocycles. The van der Waals surface area contributed by atoms with Gasteiger partial charge in [0.15, 0.2) is 0 Å². The van der Waals surface area contributed by atoms with Gasteiger partial charge in [0.1, 0.15) is 0 Å². The molecule has 20 heavy (non-hydrogen) atoms. The van der Waals surface area contributed by atoms with Crippen molar-refractivity contribution in [3.8, 4) is 0 Å². The van der Waals surface area contributed by atoms with Gasteiger partial charge in [-0.1, -0.05) is 12.1 Å². The van der Waals surface area contributed by atoms with Crippen LogP contribution in [-0.2, 0) is 14.6 Å². The minimum atomic E-state index is -4.72. The van der Waals surface area contributed by atoms with E-state index in [0.717, 1.165) is 6.07 Å². The summed E-state index contributed by atoms with van der Waals surface area (Å²) in [6, 6.07) is 5.25. The molecule has 0 bridgehead atoms. The van der Waals surface area contributed by atoms with E-state index in [1.54, 1.807) is 0 Å². The summed E-state index contributed by atoms with van der Waals surface area (Å²) in [6.07, 6.45) is 0.970. The van der Waals surface area contributed by atoms with Crippen LogP contribution in [0.2, 0.25) is 0 Å². The highest BCUT2D eigenvalue weighted by molar-refractivity contribution is 7.91. The van der Waals surface area contributed by atoms with Gasteiger partial charge in [0.2, 0.25) is 9.84 Å². The van der Waals surface area contributed by atoms with Gasteiger partial charge in [-0.15, -0.1) is 0 Å². The van der Waals surface area contributed by atoms with Crippen LogP contribution in [0.15, 0.2) is 29.2 Å². The average Bonchev–Trinajstić information content (AvgIpc) is 3.17. The number of carbonyl (C=O) groups is 1. The number of nitrogens with one attached hydrogen (secondary N) is 1. The number of carboxylic acids is 1. The molecule has 1 aromatic rings. The van der Waals surface area contributed by atoms with Crippen LogP contribution in [-0.4, -0.2) is 31.8 Å². The van der Waals surface area contributed by atoms with E-state index in [4.69, 9.17) is 5.11 Å². The Bertz CT molecular complexity index is 626. The first kappa shape index (κ1) is 14.7. The molecule has 8 heteroatoms. The van der Waals surface area contributed by atoms with Crippen LogP contribution in [0.3, 0.4) is 0 Å². The van der Waals surface area contributed by atoms with Crippen molar-refractivity contribution in [3.63, 3.8) is 0 Å². The van der Waals surface area contributed by atoms with E-state index in [2.05, 4.69) is 5.32 Å². The van der Waals surface area contributed by atoms with Gasteiger partial charge in [-0.05, 0) is 25.0 Å². The number of para-hydroxylation sites is 1. The predicted octanol–water partition coefficient (Wildman–Crippen LogP) is 1.96. The third-order valence-corrected chi connectivity index (χ3v) is 4.79. The van der Waals surface area contributed by atoms with Gasteiger partial charge in [0, 0.05) is 6.54 Å². The number of halogens is 2. The van der Waals surface area contributed by atoms with E-state index in [1.807, 2.05) is 0 Å². The average molecular weight is 305 g/mol. The molecule has 0 aliphatic heterocycles. The SMILES string of the molecule is O=C(O)C1(CNc2ccccc2S(=O)(=O)C(F)F)CC1. The van der Waals surface area contributed by atoms with E-state index in [9.17, 15) is 22.0 Å². The largest absolute Gasteiger partial charge is 0.481 e. The molecule has 2 N–H and O–H groups in total. The molecule has 0 aromatic heterocycles. The lowest BCUT2D eigenvalue weighted by Gasteiger charge is -2.15. The van der Waals surface area contributed by atoms with Crippen molar-refractivity contribution < 1.29 is 27.1 Å². The van der Waals surface area contributed by atoms with E-state index in [1.165, 1.54) is 18.2 Å². The smallest absolute Gasteiger partial charge is 0.341 e. The molecule has 0 spiro atoms. The molecule has 1 fully saturated rings. The summed E-state index contributed by atoms with van der Waals surface area (Å²) in [5.41, 5.74) is -0.915. The second kappa shape index (κ2) is 5.01. The molecule has 1 aliphatic rings. The van der Waals surface area contributed by atoms with Gasteiger partial charge >= 0.3 is 11.7 Å². The van der Waals surface area contributed by atoms with Crippen molar-refractivity contribution in [1.29, 1.82) is 0 Å². The Balaban J connectivity index is 2.24. The molecule has 0 amide bonds. The zero-order chi connectivity index (χ0) is 15.0. The molecule has 0 radical (unpaired) electrons. The normalized spacial score (nSPS) is 16.9. The molecule has 5 nitrogen and oxygen atoms in total. The third kappa shape index (κ3) is 2.60. The van der Waals surface area contributed by atoms with Crippen molar-refractivity contribution in [2.45, 2.75) is 23.5 Å². The van der Waals surface area contributed by atoms with Crippen molar-refractivity contribution in [2.24, 2.45) is 5.41 Å². The predicted molar refractivity (Wildman–Crippen MR) is 67.4 cm³/mol. The Kier molecular flexibility index (Phi) is 3.68. The van der Waals surface area contributed by atoms with E-state index in [0.29, 0.717) is 12.8 Å². The molecule has 0 saturated heterocycles. The second-order valence-corrected chi connectivity index (χ2v) is 6.63. The van der Waals surface area contributed by atoms with Crippen LogP contribution < -0.4 is 5.32 Å². The number of sulfone groups is 1. The van der Waals surface area contributed by atoms with E-state index >= 15 is 0 Å². The summed E-state index contributed by atoms with van der Waals surface area (Å²) in [5, 5.41) is 11.7. The lowest BCUT2D eigenvalue weighted by molar-refractivity contribution is -0.142. The standard InChI is InChI=1S/C12H13F2NO4S/c13-11(14)20(18,19)9-4-2-1-3-8(9)15-7-12(5-6-12)10(16)17/h1-4,11,15H,5-7H2,(H,16,17). The van der Waals surface area contributed by atoms with Gasteiger partial charge in [-0.3, -0.25) is 4.79 Å². The van der Waals surface area contributed by atoms with Gasteiger partial charge < -0.3 is 10.4 Å². The maximum Gasteiger partial charge on any atom is 0.341 e. The summed E-state index contributed by atoms with van der Waals surface area (Å²) >= 11 is 0. The Morgan fingerprint density at radius 2 is 1.95 bits per heavy atom. The van der Waals surface area contributed by atoms with Gasteiger partial charge in [-0.25, -0.2) is 8.42 Å². The molecule has 110 valence electrons. The van der Waals surface area contributed by atoms with Crippen LogP contribution in [0.1, 0.15) is 12.8 Å². The quantitative estimate of drug-likeness (QED) is 0.839. The molecular formula is C12H13F2NO4S. The number of hydrogen-bond donors (Lipinski definition) is 2. The fraction of sp³-hybridized carbons (Fsp3) is 0.417. The molecule has 0 unspecified atom stereocenters. The van der Waals surface area contributed by atoms with Crippen LogP contribution in [0.4, 0.5) is 14.5 Å². The zero-order valence-corrected chi connectivity index (χ0v) is 11.2. The van der Waals surface area contributed by atoms with Gasteiger partial charge in [0.05, 0.1) is 16.0 Å². The van der Waals surface area contributed by atoms with Gasteiger partial charge in [0.25, 0.3) is 0 Å². The first-order valence-electron chi connectivity index (χ1n) is 5.88. The number of carboxylic acid groups (broad SMARTS) is 1. The second-order valence-electron chi connectivity index (χ2n) is 4.74. The van der Waals surface area contributed by atoms with Crippen LogP contribution >= 0.6 is 0 Å². The van der Waals surface area contributed by atoms with Crippen molar-refractivity contribution in [1.82, 2.24) is 0 Å². The summed E-state index contributed by atoms with van der Waals surface area (Å²) in [7, 11) is -4.72. The minimum Gasteiger partial charge on any atom is -0.481 e. The highest BCUT2D eigenvalue weighted by Gasteiger charge is 2.50. The third-order valence-electron chi connectivity index (χ3n) is 3.35. The Hall–Kier alpha value is -1.70. The zero-order valence-electron chi connectivity index (χ0n) is 10.3. The molecular weight excluding hydrogens is 292 g/mol. The molecule has 1 aliphatic carbocycles. The van der Waals surface area contributed by atoms with E-state index < -0.39 is 31.9 Å². The number of alkyl halides is 2. The van der Waals surface area contributed by atoms with Crippen molar-refractivity contribution >= 4 is 21.5 Å². The topological polar surface area (TPSA) is 83.5 Å². The lowest BCUT2D eigenvalue weighted by atomic mass is 10.1. The van der Waals surface area contributed by atoms with Crippen LogP contribution in [0.5, 0.6) is 0 Å². The lowest BCUT2D eigenvalue weighted by Crippen LogP contribution is -2.25. The molecule has 0 atom stereocenters. The molecule has 2 rings (SSSR count). The Morgan fingerprint density at radius 1 is 1.35 bits per heavy atom. The van der Waals surface area contributed by atoms with Gasteiger partial charge in [-0.2, -0.15) is 8.78 Å². The molecule has 1 aromatic carbocycles. The first-order chi connectivity index (χ1) is 9.29. The van der Waals surface area contributed by atoms with Crippen LogP contribution in [0.25, 0.3) is 0 Å². The molecule has 1 saturated carbocycles. The van der Waals surface area contributed by atoms with Crippen molar-refractivity contribution in [3.05, 3.63) is 24.3 Å². The van der Waals surface area contributed by atoms with E-state index in [-0.39, 0.29) is 12.2 Å². The fourth-order valence-corrected chi connectivity index (χ4v) is 2.75. The summed E-state index contributed by atoms with van der Waals surface area (Å²) in [4.78, 5) is 10.5. The fourth-order valence-electron chi connectivity index (χ4n) is 1.84. The highest BCUT2D eigenvalue weighted by Crippen LogP contribution is 2.46. The Morgan fingerprint density at radius 3 is 2.45 bits per heavy atom. The summed E-state index contributed by atoms with van der Waals surface area (Å²) < 4.78 is 48.2. The van der Waals surface area contributed by atoms with Crippen LogP contribution in [0, 0.1) is 5.41 Å². The first-order valence-corrected chi connectivity index (χ1v) is 7.43. The maximum absolute atomic E-state index is 12.6. The monoisotopic (exact) mass is 305 g/mol. The summed E-state index contributed by atoms with van der Waals surface area (Å²) in [5.74, 6) is -4.49. The summed E-state index contributed by atoms with van der Waals surface area (Å²) in [6.45, 7) is 0.0120. The maximum atomic E-state index is 12.6. The minimum absolute atomic E-state index is 0.000301. The van der Waals surface area contributed by atoms with Crippen molar-refractivity contribution in [2.75, 3.05) is 11.9 Å². The number of anilines is 1.